The van der Waals surface area contributed by atoms with E-state index in [1.54, 1.807) is 30.5 Å². The molecule has 0 saturated carbocycles. The lowest BCUT2D eigenvalue weighted by molar-refractivity contribution is 0.102. The van der Waals surface area contributed by atoms with E-state index in [4.69, 9.17) is 9.47 Å². The molecule has 2 aromatic carbocycles. The molecule has 1 aliphatic heterocycles. The summed E-state index contributed by atoms with van der Waals surface area (Å²) in [6.45, 7) is 3.95. The summed E-state index contributed by atoms with van der Waals surface area (Å²) in [5.41, 5.74) is 2.74. The second-order valence-corrected chi connectivity index (χ2v) is 7.42. The molecule has 1 unspecified atom stereocenters. The van der Waals surface area contributed by atoms with Crippen LogP contribution in [-0.2, 0) is 12.8 Å². The monoisotopic (exact) mass is 388 g/mol. The van der Waals surface area contributed by atoms with Crippen LogP contribution in [0.5, 0.6) is 11.5 Å². The molecule has 3 aromatic rings. The van der Waals surface area contributed by atoms with Crippen molar-refractivity contribution in [1.82, 2.24) is 4.98 Å². The molecule has 2 heterocycles. The molecule has 1 amide bonds. The Morgan fingerprint density at radius 3 is 2.69 bits per heavy atom. The minimum atomic E-state index is -0.241. The normalized spacial score (nSPS) is 14.9. The predicted octanol–water partition coefficient (Wildman–Crippen LogP) is 4.67. The Balaban J connectivity index is 1.58. The van der Waals surface area contributed by atoms with Crippen LogP contribution in [-0.4, -0.2) is 23.1 Å². The second kappa shape index (κ2) is 8.35. The number of carbonyl (C=O) groups excluding carboxylic acids is 1. The molecule has 1 aliphatic rings. The number of hydrogen-bond acceptors (Lipinski definition) is 4. The molecule has 1 atom stereocenters. The van der Waals surface area contributed by atoms with Crippen LogP contribution in [0.15, 0.2) is 66.9 Å². The molecule has 1 N–H and O–H groups in total. The fourth-order valence-corrected chi connectivity index (χ4v) is 3.48. The Morgan fingerprint density at radius 2 is 1.97 bits per heavy atom. The number of rotatable bonds is 6. The first-order valence-electron chi connectivity index (χ1n) is 9.85. The topological polar surface area (TPSA) is 60.5 Å². The maximum absolute atomic E-state index is 12.8. The Hall–Kier alpha value is -3.34. The summed E-state index contributed by atoms with van der Waals surface area (Å²) >= 11 is 0. The SMILES string of the molecule is CC(C)Oc1cc(C(=O)Nc2ccccn2)cc2c1CC(Cc1ccccc1)O2. The molecular weight excluding hydrogens is 364 g/mol. The van der Waals surface area contributed by atoms with Crippen molar-refractivity contribution in [2.24, 2.45) is 0 Å². The van der Waals surface area contributed by atoms with Gasteiger partial charge in [-0.25, -0.2) is 4.98 Å². The Labute approximate surface area is 170 Å². The van der Waals surface area contributed by atoms with Crippen LogP contribution in [0.4, 0.5) is 5.82 Å². The highest BCUT2D eigenvalue weighted by Gasteiger charge is 2.28. The lowest BCUT2D eigenvalue weighted by Crippen LogP contribution is -2.16. The van der Waals surface area contributed by atoms with Crippen molar-refractivity contribution in [3.63, 3.8) is 0 Å². The standard InChI is InChI=1S/C24H24N2O3/c1-16(2)28-21-13-18(24(27)26-23-10-6-7-11-25-23)14-22-20(21)15-19(29-22)12-17-8-4-3-5-9-17/h3-11,13-14,16,19H,12,15H2,1-2H3,(H,25,26,27). The van der Waals surface area contributed by atoms with Crippen molar-refractivity contribution in [2.75, 3.05) is 5.32 Å². The van der Waals surface area contributed by atoms with Crippen LogP contribution in [0, 0.1) is 0 Å². The first-order valence-corrected chi connectivity index (χ1v) is 9.85. The molecule has 0 bridgehead atoms. The van der Waals surface area contributed by atoms with Crippen LogP contribution in [0.25, 0.3) is 0 Å². The molecule has 29 heavy (non-hydrogen) atoms. The van der Waals surface area contributed by atoms with Gasteiger partial charge in [0.2, 0.25) is 0 Å². The summed E-state index contributed by atoms with van der Waals surface area (Å²) in [6.07, 6.45) is 3.24. The van der Waals surface area contributed by atoms with Gasteiger partial charge in [-0.1, -0.05) is 36.4 Å². The number of carbonyl (C=O) groups is 1. The summed E-state index contributed by atoms with van der Waals surface area (Å²) in [5, 5.41) is 2.82. The maximum atomic E-state index is 12.8. The Bertz CT molecular complexity index is 988. The summed E-state index contributed by atoms with van der Waals surface area (Å²) in [6, 6.07) is 19.3. The highest BCUT2D eigenvalue weighted by molar-refractivity contribution is 6.04. The molecule has 0 radical (unpaired) electrons. The Morgan fingerprint density at radius 1 is 1.17 bits per heavy atom. The van der Waals surface area contributed by atoms with Gasteiger partial charge < -0.3 is 14.8 Å². The van der Waals surface area contributed by atoms with E-state index in [0.29, 0.717) is 17.1 Å². The van der Waals surface area contributed by atoms with Crippen molar-refractivity contribution >= 4 is 11.7 Å². The highest BCUT2D eigenvalue weighted by atomic mass is 16.5. The van der Waals surface area contributed by atoms with Gasteiger partial charge in [0.05, 0.1) is 6.10 Å². The van der Waals surface area contributed by atoms with Crippen LogP contribution in [0.3, 0.4) is 0 Å². The number of ether oxygens (including phenoxy) is 2. The molecule has 5 nitrogen and oxygen atoms in total. The predicted molar refractivity (Wildman–Crippen MR) is 113 cm³/mol. The van der Waals surface area contributed by atoms with E-state index >= 15 is 0 Å². The minimum absolute atomic E-state index is 0.00127. The fourth-order valence-electron chi connectivity index (χ4n) is 3.48. The highest BCUT2D eigenvalue weighted by Crippen LogP contribution is 2.39. The van der Waals surface area contributed by atoms with E-state index in [1.165, 1.54) is 5.56 Å². The van der Waals surface area contributed by atoms with Crippen molar-refractivity contribution < 1.29 is 14.3 Å². The van der Waals surface area contributed by atoms with E-state index in [1.807, 2.05) is 38.1 Å². The molecule has 0 fully saturated rings. The van der Waals surface area contributed by atoms with Crippen molar-refractivity contribution in [3.05, 3.63) is 83.6 Å². The maximum Gasteiger partial charge on any atom is 0.257 e. The van der Waals surface area contributed by atoms with E-state index in [-0.39, 0.29) is 18.1 Å². The molecule has 0 aliphatic carbocycles. The van der Waals surface area contributed by atoms with Crippen LogP contribution < -0.4 is 14.8 Å². The van der Waals surface area contributed by atoms with Crippen molar-refractivity contribution in [1.29, 1.82) is 0 Å². The number of aromatic nitrogens is 1. The third kappa shape index (κ3) is 4.57. The number of pyridine rings is 1. The zero-order valence-electron chi connectivity index (χ0n) is 16.6. The van der Waals surface area contributed by atoms with Crippen molar-refractivity contribution in [2.45, 2.75) is 38.9 Å². The average molecular weight is 388 g/mol. The summed E-state index contributed by atoms with van der Waals surface area (Å²) in [5.74, 6) is 1.69. The number of nitrogens with zero attached hydrogens (tertiary/aromatic N) is 1. The van der Waals surface area contributed by atoms with Gasteiger partial charge in [0, 0.05) is 30.2 Å². The largest absolute Gasteiger partial charge is 0.491 e. The molecule has 1 aromatic heterocycles. The summed E-state index contributed by atoms with van der Waals surface area (Å²) < 4.78 is 12.2. The third-order valence-corrected chi connectivity index (χ3v) is 4.73. The number of hydrogen-bond donors (Lipinski definition) is 1. The van der Waals surface area contributed by atoms with Gasteiger partial charge in [0.1, 0.15) is 23.4 Å². The van der Waals surface area contributed by atoms with Gasteiger partial charge in [-0.05, 0) is 43.7 Å². The van der Waals surface area contributed by atoms with Crippen LogP contribution in [0.1, 0.15) is 35.3 Å². The molecule has 0 saturated heterocycles. The van der Waals surface area contributed by atoms with E-state index < -0.39 is 0 Å². The van der Waals surface area contributed by atoms with Gasteiger partial charge >= 0.3 is 0 Å². The summed E-state index contributed by atoms with van der Waals surface area (Å²) in [4.78, 5) is 16.9. The average Bonchev–Trinajstić information content (AvgIpc) is 3.12. The Kier molecular flexibility index (Phi) is 5.47. The zero-order chi connectivity index (χ0) is 20.2. The first-order chi connectivity index (χ1) is 14.1. The fraction of sp³-hybridized carbons (Fsp3) is 0.250. The number of anilines is 1. The molecule has 0 spiro atoms. The third-order valence-electron chi connectivity index (χ3n) is 4.73. The lowest BCUT2D eigenvalue weighted by Gasteiger charge is -2.14. The number of fused-ring (bicyclic) bond motifs is 1. The molecule has 4 rings (SSSR count). The van der Waals surface area contributed by atoms with Gasteiger partial charge in [0.25, 0.3) is 5.91 Å². The van der Waals surface area contributed by atoms with Gasteiger partial charge in [-0.2, -0.15) is 0 Å². The first kappa shape index (κ1) is 19.0. The van der Waals surface area contributed by atoms with Crippen molar-refractivity contribution in [3.8, 4) is 11.5 Å². The van der Waals surface area contributed by atoms with Crippen LogP contribution in [0.2, 0.25) is 0 Å². The van der Waals surface area contributed by atoms with E-state index in [2.05, 4.69) is 22.4 Å². The smallest absolute Gasteiger partial charge is 0.257 e. The number of amides is 1. The second-order valence-electron chi connectivity index (χ2n) is 7.42. The van der Waals surface area contributed by atoms with Gasteiger partial charge in [-0.15, -0.1) is 0 Å². The minimum Gasteiger partial charge on any atom is -0.491 e. The quantitative estimate of drug-likeness (QED) is 0.667. The molecule has 148 valence electrons. The summed E-state index contributed by atoms with van der Waals surface area (Å²) in [7, 11) is 0. The number of benzene rings is 2. The number of nitrogens with one attached hydrogen (secondary N) is 1. The van der Waals surface area contributed by atoms with Gasteiger partial charge in [0.15, 0.2) is 0 Å². The van der Waals surface area contributed by atoms with Gasteiger partial charge in [-0.3, -0.25) is 4.79 Å². The molecular formula is C24H24N2O3. The van der Waals surface area contributed by atoms with E-state index in [0.717, 1.165) is 24.2 Å². The zero-order valence-corrected chi connectivity index (χ0v) is 16.6. The lowest BCUT2D eigenvalue weighted by atomic mass is 10.0. The van der Waals surface area contributed by atoms with E-state index in [9.17, 15) is 4.79 Å². The van der Waals surface area contributed by atoms with Crippen LogP contribution >= 0.6 is 0 Å². The molecule has 5 heteroatoms.